The quantitative estimate of drug-likeness (QED) is 0.688. The minimum atomic E-state index is -3.46. The van der Waals surface area contributed by atoms with Gasteiger partial charge in [-0.05, 0) is 58.8 Å². The molecule has 0 saturated carbocycles. The molecule has 1 aliphatic heterocycles. The lowest BCUT2D eigenvalue weighted by Gasteiger charge is -2.33. The van der Waals surface area contributed by atoms with Gasteiger partial charge in [-0.15, -0.1) is 22.7 Å². The summed E-state index contributed by atoms with van der Waals surface area (Å²) in [5, 5.41) is 2.03. The largest absolute Gasteiger partial charge is 0.381 e. The van der Waals surface area contributed by atoms with Crippen LogP contribution in [-0.2, 0) is 21.2 Å². The number of sulfonamides is 1. The van der Waals surface area contributed by atoms with E-state index in [1.54, 1.807) is 27.8 Å². The fraction of sp³-hybridized carbons (Fsp3) is 0.467. The summed E-state index contributed by atoms with van der Waals surface area (Å²) >= 11 is 6.30. The third kappa shape index (κ3) is 4.24. The molecule has 0 aliphatic carbocycles. The van der Waals surface area contributed by atoms with E-state index in [4.69, 9.17) is 4.74 Å². The van der Waals surface area contributed by atoms with Gasteiger partial charge in [0.25, 0.3) is 10.0 Å². The van der Waals surface area contributed by atoms with E-state index in [1.807, 2.05) is 11.4 Å². The maximum absolute atomic E-state index is 13.1. The van der Waals surface area contributed by atoms with Crippen LogP contribution >= 0.6 is 38.6 Å². The molecule has 2 aromatic rings. The molecule has 8 heteroatoms. The first-order valence-corrected chi connectivity index (χ1v) is 11.4. The summed E-state index contributed by atoms with van der Waals surface area (Å²) in [5.41, 5.74) is 0. The number of hydrogen-bond donors (Lipinski definition) is 0. The summed E-state index contributed by atoms with van der Waals surface area (Å²) < 4.78 is 34.5. The topological polar surface area (TPSA) is 46.6 Å². The Labute approximate surface area is 153 Å². The van der Waals surface area contributed by atoms with Gasteiger partial charge in [-0.25, -0.2) is 8.42 Å². The highest BCUT2D eigenvalue weighted by atomic mass is 79.9. The van der Waals surface area contributed by atoms with Crippen molar-refractivity contribution in [2.45, 2.75) is 29.5 Å². The molecular weight excluding hydrogens is 418 g/mol. The van der Waals surface area contributed by atoms with Crippen molar-refractivity contribution >= 4 is 48.6 Å². The molecule has 0 radical (unpaired) electrons. The molecule has 126 valence electrons. The fourth-order valence-corrected chi connectivity index (χ4v) is 7.22. The number of hydrogen-bond acceptors (Lipinski definition) is 5. The Balaban J connectivity index is 1.83. The van der Waals surface area contributed by atoms with Gasteiger partial charge in [0, 0.05) is 30.7 Å². The number of nitrogens with zero attached hydrogens (tertiary/aromatic N) is 1. The predicted molar refractivity (Wildman–Crippen MR) is 97.8 cm³/mol. The second kappa shape index (κ2) is 7.76. The summed E-state index contributed by atoms with van der Waals surface area (Å²) in [6.07, 6.45) is 2.27. The van der Waals surface area contributed by atoms with Crippen molar-refractivity contribution in [1.29, 1.82) is 0 Å². The molecule has 0 unspecified atom stereocenters. The van der Waals surface area contributed by atoms with Gasteiger partial charge in [0.15, 0.2) is 0 Å². The maximum Gasteiger partial charge on any atom is 0.252 e. The molecular formula is C15H18BrNO3S3. The zero-order chi connectivity index (χ0) is 16.3. The summed E-state index contributed by atoms with van der Waals surface area (Å²) in [5.74, 6) is 0. The first-order chi connectivity index (χ1) is 11.1. The van der Waals surface area contributed by atoms with Crippen LogP contribution in [0.25, 0.3) is 0 Å². The molecule has 3 heterocycles. The van der Waals surface area contributed by atoms with Crippen molar-refractivity contribution in [2.24, 2.45) is 0 Å². The van der Waals surface area contributed by atoms with E-state index in [9.17, 15) is 8.42 Å². The Hall–Kier alpha value is -0.250. The molecule has 0 aromatic carbocycles. The first kappa shape index (κ1) is 17.6. The summed E-state index contributed by atoms with van der Waals surface area (Å²) in [7, 11) is -3.46. The van der Waals surface area contributed by atoms with Gasteiger partial charge in [-0.3, -0.25) is 0 Å². The van der Waals surface area contributed by atoms with E-state index in [1.165, 1.54) is 16.2 Å². The Bertz CT molecular complexity index is 721. The van der Waals surface area contributed by atoms with Crippen LogP contribution in [0.3, 0.4) is 0 Å². The van der Waals surface area contributed by atoms with E-state index in [0.717, 1.165) is 23.0 Å². The van der Waals surface area contributed by atoms with E-state index >= 15 is 0 Å². The Morgan fingerprint density at radius 2 is 2.04 bits per heavy atom. The maximum atomic E-state index is 13.1. The lowest BCUT2D eigenvalue weighted by Crippen LogP contribution is -2.44. The summed E-state index contributed by atoms with van der Waals surface area (Å²) in [4.78, 5) is 1.21. The molecule has 1 aliphatic rings. The molecule has 23 heavy (non-hydrogen) atoms. The highest BCUT2D eigenvalue weighted by Gasteiger charge is 2.33. The van der Waals surface area contributed by atoms with Crippen LogP contribution in [0, 0.1) is 0 Å². The molecule has 0 N–H and O–H groups in total. The van der Waals surface area contributed by atoms with Crippen LogP contribution < -0.4 is 0 Å². The van der Waals surface area contributed by atoms with Crippen LogP contribution in [0.4, 0.5) is 0 Å². The highest BCUT2D eigenvalue weighted by Crippen LogP contribution is 2.31. The normalized spacial score (nSPS) is 17.0. The predicted octanol–water partition coefficient (Wildman–Crippen LogP) is 3.98. The van der Waals surface area contributed by atoms with Gasteiger partial charge in [-0.1, -0.05) is 6.07 Å². The van der Waals surface area contributed by atoms with Gasteiger partial charge in [-0.2, -0.15) is 4.31 Å². The summed E-state index contributed by atoms with van der Waals surface area (Å²) in [6, 6.07) is 7.56. The van der Waals surface area contributed by atoms with Crippen LogP contribution in [0.5, 0.6) is 0 Å². The van der Waals surface area contributed by atoms with Crippen molar-refractivity contribution in [3.05, 3.63) is 38.3 Å². The van der Waals surface area contributed by atoms with Crippen LogP contribution in [0.1, 0.15) is 17.7 Å². The van der Waals surface area contributed by atoms with Crippen molar-refractivity contribution in [1.82, 2.24) is 4.31 Å². The number of halogens is 1. The van der Waals surface area contributed by atoms with Crippen molar-refractivity contribution in [2.75, 3.05) is 19.8 Å². The molecule has 0 bridgehead atoms. The molecule has 0 spiro atoms. The van der Waals surface area contributed by atoms with E-state index in [-0.39, 0.29) is 6.04 Å². The minimum Gasteiger partial charge on any atom is -0.381 e. The zero-order valence-electron chi connectivity index (χ0n) is 12.5. The zero-order valence-corrected chi connectivity index (χ0v) is 16.5. The Morgan fingerprint density at radius 3 is 2.65 bits per heavy atom. The Kier molecular flexibility index (Phi) is 5.92. The van der Waals surface area contributed by atoms with Crippen molar-refractivity contribution in [3.8, 4) is 0 Å². The Morgan fingerprint density at radius 1 is 1.26 bits per heavy atom. The van der Waals surface area contributed by atoms with Gasteiger partial charge in [0.1, 0.15) is 4.21 Å². The van der Waals surface area contributed by atoms with Gasteiger partial charge in [0.05, 0.1) is 3.79 Å². The van der Waals surface area contributed by atoms with E-state index in [0.29, 0.717) is 24.0 Å². The van der Waals surface area contributed by atoms with Gasteiger partial charge < -0.3 is 4.74 Å². The average Bonchev–Trinajstić information content (AvgIpc) is 3.20. The van der Waals surface area contributed by atoms with Crippen molar-refractivity contribution < 1.29 is 13.2 Å². The van der Waals surface area contributed by atoms with Crippen LogP contribution in [0.2, 0.25) is 0 Å². The molecule has 4 nitrogen and oxygen atoms in total. The average molecular weight is 436 g/mol. The van der Waals surface area contributed by atoms with Crippen LogP contribution in [0.15, 0.2) is 37.6 Å². The van der Waals surface area contributed by atoms with Gasteiger partial charge >= 0.3 is 0 Å². The molecule has 1 saturated heterocycles. The van der Waals surface area contributed by atoms with Gasteiger partial charge in [0.2, 0.25) is 0 Å². The lowest BCUT2D eigenvalue weighted by atomic mass is 10.1. The summed E-state index contributed by atoms with van der Waals surface area (Å²) in [6.45, 7) is 1.77. The second-order valence-corrected chi connectivity index (χ2v) is 11.0. The molecule has 3 rings (SSSR count). The number of ether oxygens (including phenoxy) is 1. The minimum absolute atomic E-state index is 0.0228. The molecule has 1 fully saturated rings. The smallest absolute Gasteiger partial charge is 0.252 e. The number of thiophene rings is 2. The highest BCUT2D eigenvalue weighted by molar-refractivity contribution is 9.11. The van der Waals surface area contributed by atoms with Crippen LogP contribution in [-0.4, -0.2) is 38.5 Å². The lowest BCUT2D eigenvalue weighted by molar-refractivity contribution is 0.0587. The third-order valence-electron chi connectivity index (χ3n) is 3.87. The molecule has 0 atom stereocenters. The second-order valence-electron chi connectivity index (χ2n) is 5.35. The SMILES string of the molecule is O=S(=O)(c1ccc(Br)s1)N(CCc1cccs1)C1CCOCC1. The third-order valence-corrected chi connectivity index (χ3v) is 8.85. The van der Waals surface area contributed by atoms with Crippen molar-refractivity contribution in [3.63, 3.8) is 0 Å². The van der Waals surface area contributed by atoms with E-state index < -0.39 is 10.0 Å². The molecule has 0 amide bonds. The van der Waals surface area contributed by atoms with E-state index in [2.05, 4.69) is 22.0 Å². The molecule has 2 aromatic heterocycles. The monoisotopic (exact) mass is 435 g/mol. The fourth-order valence-electron chi connectivity index (χ4n) is 2.70. The standard InChI is InChI=1S/C15H18BrNO3S3/c16-14-3-4-15(22-14)23(18,19)17(12-6-9-20-10-7-12)8-5-13-2-1-11-21-13/h1-4,11-12H,5-10H2. The number of rotatable bonds is 6. The first-order valence-electron chi connectivity index (χ1n) is 7.44.